The number of nitrogen functional groups attached to an aromatic ring is 1. The molecule has 0 spiro atoms. The summed E-state index contributed by atoms with van der Waals surface area (Å²) in [5.74, 6) is 2.00. The fraction of sp³-hybridized carbons (Fsp3) is 0.429. The van der Waals surface area contributed by atoms with E-state index in [1.165, 1.54) is 11.1 Å². The summed E-state index contributed by atoms with van der Waals surface area (Å²) in [6.45, 7) is 7.80. The second kappa shape index (κ2) is 10.4. The third-order valence-electron chi connectivity index (χ3n) is 4.35. The molecule has 2 aromatic rings. The van der Waals surface area contributed by atoms with Crippen molar-refractivity contribution in [3.8, 4) is 5.75 Å². The molecule has 0 aliphatic heterocycles. The molecule has 5 heteroatoms. The molecular weight excluding hydrogens is 324 g/mol. The molecule has 1 aromatic heterocycles. The summed E-state index contributed by atoms with van der Waals surface area (Å²) in [4.78, 5) is 8.33. The van der Waals surface area contributed by atoms with Gasteiger partial charge in [0, 0.05) is 6.54 Å². The number of nitrogens with two attached hydrogens (primary N) is 1. The van der Waals surface area contributed by atoms with Crippen molar-refractivity contribution in [3.05, 3.63) is 53.7 Å². The third kappa shape index (κ3) is 6.06. The minimum absolute atomic E-state index is 0.250. The standard InChI is InChI=1S/C21H30N4O/c1-4-6-12-23-20-19(14-24-21(22)25-20)26-15-17(5-2)13-16(3)18-10-8-7-9-11-18/h5,7-11,14,16H,4,6,12-13,15H2,1-3H3,(H3,22,23,24,25)/b17-5+/t16-/m0/s1. The second-order valence-corrected chi connectivity index (χ2v) is 6.47. The van der Waals surface area contributed by atoms with E-state index in [2.05, 4.69) is 66.4 Å². The summed E-state index contributed by atoms with van der Waals surface area (Å²) in [7, 11) is 0. The number of aromatic nitrogens is 2. The van der Waals surface area contributed by atoms with Gasteiger partial charge in [-0.25, -0.2) is 4.98 Å². The number of nitrogens with zero attached hydrogens (tertiary/aromatic N) is 2. The smallest absolute Gasteiger partial charge is 0.222 e. The lowest BCUT2D eigenvalue weighted by molar-refractivity contribution is 0.344. The zero-order valence-corrected chi connectivity index (χ0v) is 16.0. The highest BCUT2D eigenvalue weighted by atomic mass is 16.5. The van der Waals surface area contributed by atoms with Crippen molar-refractivity contribution >= 4 is 11.8 Å². The maximum absolute atomic E-state index is 6.00. The van der Waals surface area contributed by atoms with Gasteiger partial charge in [-0.2, -0.15) is 4.98 Å². The Labute approximate surface area is 156 Å². The summed E-state index contributed by atoms with van der Waals surface area (Å²) < 4.78 is 6.00. The van der Waals surface area contributed by atoms with Crippen molar-refractivity contribution in [2.24, 2.45) is 0 Å². The van der Waals surface area contributed by atoms with Gasteiger partial charge < -0.3 is 15.8 Å². The second-order valence-electron chi connectivity index (χ2n) is 6.47. The normalized spacial score (nSPS) is 12.7. The van der Waals surface area contributed by atoms with Gasteiger partial charge in [0.1, 0.15) is 6.61 Å². The van der Waals surface area contributed by atoms with Crippen LogP contribution in [0.3, 0.4) is 0 Å². The molecule has 0 radical (unpaired) electrons. The monoisotopic (exact) mass is 354 g/mol. The molecule has 1 heterocycles. The Balaban J connectivity index is 1.97. The van der Waals surface area contributed by atoms with Crippen LogP contribution in [0.2, 0.25) is 0 Å². The first-order valence-electron chi connectivity index (χ1n) is 9.32. The molecule has 0 amide bonds. The molecule has 0 unspecified atom stereocenters. The molecule has 2 rings (SSSR count). The van der Waals surface area contributed by atoms with E-state index in [1.807, 2.05) is 6.07 Å². The van der Waals surface area contributed by atoms with Crippen molar-refractivity contribution < 1.29 is 4.74 Å². The molecule has 1 aromatic carbocycles. The molecule has 0 aliphatic rings. The Hall–Kier alpha value is -2.56. The van der Waals surface area contributed by atoms with Gasteiger partial charge in [0.15, 0.2) is 11.6 Å². The number of allylic oxidation sites excluding steroid dienone is 1. The van der Waals surface area contributed by atoms with Crippen LogP contribution in [-0.2, 0) is 0 Å². The Morgan fingerprint density at radius 3 is 2.77 bits per heavy atom. The molecule has 0 fully saturated rings. The first-order valence-corrected chi connectivity index (χ1v) is 9.32. The Kier molecular flexibility index (Phi) is 7.93. The van der Waals surface area contributed by atoms with Gasteiger partial charge in [-0.05, 0) is 36.8 Å². The Morgan fingerprint density at radius 1 is 1.31 bits per heavy atom. The molecule has 5 nitrogen and oxygen atoms in total. The zero-order chi connectivity index (χ0) is 18.8. The van der Waals surface area contributed by atoms with E-state index in [-0.39, 0.29) is 5.95 Å². The van der Waals surface area contributed by atoms with Crippen LogP contribution in [0, 0.1) is 0 Å². The molecule has 0 saturated heterocycles. The molecule has 0 aliphatic carbocycles. The Bertz CT molecular complexity index is 700. The van der Waals surface area contributed by atoms with Crippen LogP contribution in [0.1, 0.15) is 51.5 Å². The van der Waals surface area contributed by atoms with Crippen LogP contribution in [0.25, 0.3) is 0 Å². The van der Waals surface area contributed by atoms with Gasteiger partial charge in [0.2, 0.25) is 5.95 Å². The van der Waals surface area contributed by atoms with Crippen molar-refractivity contribution in [2.45, 2.75) is 46.0 Å². The Morgan fingerprint density at radius 2 is 2.08 bits per heavy atom. The highest BCUT2D eigenvalue weighted by Gasteiger charge is 2.11. The first-order chi connectivity index (χ1) is 12.6. The maximum atomic E-state index is 6.00. The minimum Gasteiger partial charge on any atom is -0.484 e. The molecule has 0 bridgehead atoms. The van der Waals surface area contributed by atoms with Crippen LogP contribution in [0.4, 0.5) is 11.8 Å². The van der Waals surface area contributed by atoms with Gasteiger partial charge in [-0.15, -0.1) is 0 Å². The average molecular weight is 354 g/mol. The van der Waals surface area contributed by atoms with E-state index in [0.29, 0.717) is 24.1 Å². The lowest BCUT2D eigenvalue weighted by atomic mass is 9.94. The van der Waals surface area contributed by atoms with E-state index in [9.17, 15) is 0 Å². The van der Waals surface area contributed by atoms with E-state index in [1.54, 1.807) is 6.20 Å². The maximum Gasteiger partial charge on any atom is 0.222 e. The van der Waals surface area contributed by atoms with Gasteiger partial charge in [-0.1, -0.05) is 56.7 Å². The number of unbranched alkanes of at least 4 members (excludes halogenated alkanes) is 1. The van der Waals surface area contributed by atoms with E-state index in [4.69, 9.17) is 10.5 Å². The summed E-state index contributed by atoms with van der Waals surface area (Å²) in [5.41, 5.74) is 8.30. The lowest BCUT2D eigenvalue weighted by Crippen LogP contribution is -2.10. The average Bonchev–Trinajstić information content (AvgIpc) is 2.67. The number of nitrogens with one attached hydrogen (secondary N) is 1. The van der Waals surface area contributed by atoms with E-state index < -0.39 is 0 Å². The van der Waals surface area contributed by atoms with Gasteiger partial charge >= 0.3 is 0 Å². The van der Waals surface area contributed by atoms with Crippen molar-refractivity contribution in [1.82, 2.24) is 9.97 Å². The van der Waals surface area contributed by atoms with Crippen molar-refractivity contribution in [2.75, 3.05) is 24.2 Å². The molecule has 3 N–H and O–H groups in total. The van der Waals surface area contributed by atoms with E-state index >= 15 is 0 Å². The van der Waals surface area contributed by atoms with Crippen molar-refractivity contribution in [1.29, 1.82) is 0 Å². The summed E-state index contributed by atoms with van der Waals surface area (Å²) in [6, 6.07) is 10.5. The van der Waals surface area contributed by atoms with Crippen LogP contribution in [-0.4, -0.2) is 23.1 Å². The highest BCUT2D eigenvalue weighted by Crippen LogP contribution is 2.26. The predicted octanol–water partition coefficient (Wildman–Crippen LogP) is 4.79. The SMILES string of the molecule is C/C=C(/COc1cnc(N)nc1NCCCC)C[C@H](C)c1ccccc1. The lowest BCUT2D eigenvalue weighted by Gasteiger charge is -2.17. The van der Waals surface area contributed by atoms with Gasteiger partial charge in [-0.3, -0.25) is 0 Å². The number of benzene rings is 1. The largest absolute Gasteiger partial charge is 0.484 e. The van der Waals surface area contributed by atoms with Gasteiger partial charge in [0.25, 0.3) is 0 Å². The van der Waals surface area contributed by atoms with Gasteiger partial charge in [0.05, 0.1) is 6.20 Å². The number of ether oxygens (including phenoxy) is 1. The number of anilines is 2. The van der Waals surface area contributed by atoms with Crippen LogP contribution >= 0.6 is 0 Å². The summed E-state index contributed by atoms with van der Waals surface area (Å²) >= 11 is 0. The fourth-order valence-electron chi connectivity index (χ4n) is 2.72. The molecule has 26 heavy (non-hydrogen) atoms. The molecular formula is C21H30N4O. The third-order valence-corrected chi connectivity index (χ3v) is 4.35. The predicted molar refractivity (Wildman–Crippen MR) is 109 cm³/mol. The minimum atomic E-state index is 0.250. The van der Waals surface area contributed by atoms with Crippen LogP contribution in [0.15, 0.2) is 48.2 Å². The molecule has 1 atom stereocenters. The molecule has 140 valence electrons. The quantitative estimate of drug-likeness (QED) is 0.474. The highest BCUT2D eigenvalue weighted by molar-refractivity contribution is 5.51. The van der Waals surface area contributed by atoms with E-state index in [0.717, 1.165) is 25.8 Å². The first kappa shape index (κ1) is 19.8. The number of hydrogen-bond donors (Lipinski definition) is 2. The van der Waals surface area contributed by atoms with Crippen molar-refractivity contribution in [3.63, 3.8) is 0 Å². The summed E-state index contributed by atoms with van der Waals surface area (Å²) in [6.07, 6.45) is 6.91. The zero-order valence-electron chi connectivity index (χ0n) is 16.0. The van der Waals surface area contributed by atoms with Crippen LogP contribution in [0.5, 0.6) is 5.75 Å². The number of rotatable bonds is 10. The number of hydrogen-bond acceptors (Lipinski definition) is 5. The fourth-order valence-corrected chi connectivity index (χ4v) is 2.72. The topological polar surface area (TPSA) is 73.1 Å². The van der Waals surface area contributed by atoms with Crippen LogP contribution < -0.4 is 15.8 Å². The summed E-state index contributed by atoms with van der Waals surface area (Å²) in [5, 5.41) is 3.29. The molecule has 0 saturated carbocycles.